The van der Waals surface area contributed by atoms with Crippen molar-refractivity contribution in [1.29, 1.82) is 0 Å². The van der Waals surface area contributed by atoms with Gasteiger partial charge in [0.15, 0.2) is 0 Å². The van der Waals surface area contributed by atoms with Gasteiger partial charge < -0.3 is 14.2 Å². The van der Waals surface area contributed by atoms with Crippen molar-refractivity contribution in [3.8, 4) is 22.9 Å². The summed E-state index contributed by atoms with van der Waals surface area (Å²) in [6, 6.07) is 11.4. The summed E-state index contributed by atoms with van der Waals surface area (Å²) in [5.41, 5.74) is 1.75. The van der Waals surface area contributed by atoms with Crippen LogP contribution in [0.2, 0.25) is 0 Å². The number of hydrogen-bond donors (Lipinski definition) is 0. The molecule has 0 fully saturated rings. The Morgan fingerprint density at radius 2 is 1.57 bits per heavy atom. The predicted octanol–water partition coefficient (Wildman–Crippen LogP) is 3.05. The van der Waals surface area contributed by atoms with Gasteiger partial charge in [0, 0.05) is 17.6 Å². The first kappa shape index (κ1) is 13.3. The van der Waals surface area contributed by atoms with E-state index in [0.717, 1.165) is 28.1 Å². The smallest absolute Gasteiger partial charge is 0.148 e. The van der Waals surface area contributed by atoms with E-state index in [0.29, 0.717) is 5.75 Å². The number of benzene rings is 2. The lowest BCUT2D eigenvalue weighted by molar-refractivity contribution is 0.392. The standard InChI is InChI=1S/C16H16N2O3/c1-19-12-4-6-14-11(8-12)10-18(17-14)15-7-5-13(20-2)9-16(15)21-3/h4-10H,1-3H3. The van der Waals surface area contributed by atoms with Crippen LogP contribution in [0.5, 0.6) is 17.2 Å². The van der Waals surface area contributed by atoms with Gasteiger partial charge in [-0.25, -0.2) is 4.68 Å². The van der Waals surface area contributed by atoms with Crippen molar-refractivity contribution in [2.24, 2.45) is 0 Å². The number of nitrogens with zero attached hydrogens (tertiary/aromatic N) is 2. The lowest BCUT2D eigenvalue weighted by Gasteiger charge is -2.09. The fraction of sp³-hybridized carbons (Fsp3) is 0.188. The molecule has 2 aromatic carbocycles. The van der Waals surface area contributed by atoms with Crippen molar-refractivity contribution in [1.82, 2.24) is 9.78 Å². The summed E-state index contributed by atoms with van der Waals surface area (Å²) in [6.45, 7) is 0. The molecule has 3 rings (SSSR count). The van der Waals surface area contributed by atoms with Gasteiger partial charge >= 0.3 is 0 Å². The first-order chi connectivity index (χ1) is 10.2. The van der Waals surface area contributed by atoms with Crippen LogP contribution < -0.4 is 14.2 Å². The highest BCUT2D eigenvalue weighted by atomic mass is 16.5. The van der Waals surface area contributed by atoms with E-state index >= 15 is 0 Å². The quantitative estimate of drug-likeness (QED) is 0.738. The zero-order valence-corrected chi connectivity index (χ0v) is 12.2. The van der Waals surface area contributed by atoms with Gasteiger partial charge in [-0.05, 0) is 30.3 Å². The molecule has 1 heterocycles. The molecule has 1 aromatic heterocycles. The van der Waals surface area contributed by atoms with Gasteiger partial charge in [-0.2, -0.15) is 5.10 Å². The van der Waals surface area contributed by atoms with Crippen LogP contribution in [0.1, 0.15) is 0 Å². The van der Waals surface area contributed by atoms with E-state index in [4.69, 9.17) is 14.2 Å². The molecule has 0 unspecified atom stereocenters. The topological polar surface area (TPSA) is 45.5 Å². The first-order valence-corrected chi connectivity index (χ1v) is 6.51. The Morgan fingerprint density at radius 1 is 0.857 bits per heavy atom. The molecular weight excluding hydrogens is 268 g/mol. The van der Waals surface area contributed by atoms with Crippen LogP contribution in [0, 0.1) is 0 Å². The van der Waals surface area contributed by atoms with E-state index < -0.39 is 0 Å². The minimum atomic E-state index is 0.703. The molecule has 0 saturated carbocycles. The lowest BCUT2D eigenvalue weighted by atomic mass is 10.2. The van der Waals surface area contributed by atoms with Crippen LogP contribution in [0.3, 0.4) is 0 Å². The Bertz CT molecular complexity index is 780. The largest absolute Gasteiger partial charge is 0.497 e. The normalized spacial score (nSPS) is 10.6. The molecule has 0 aliphatic heterocycles. The van der Waals surface area contributed by atoms with E-state index in [1.807, 2.05) is 42.6 Å². The van der Waals surface area contributed by atoms with Crippen molar-refractivity contribution >= 4 is 10.9 Å². The van der Waals surface area contributed by atoms with Gasteiger partial charge in [0.05, 0.1) is 26.8 Å². The van der Waals surface area contributed by atoms with Crippen molar-refractivity contribution in [3.05, 3.63) is 42.6 Å². The van der Waals surface area contributed by atoms with Crippen LogP contribution in [-0.4, -0.2) is 31.1 Å². The second-order valence-corrected chi connectivity index (χ2v) is 4.54. The van der Waals surface area contributed by atoms with Gasteiger partial charge in [-0.3, -0.25) is 0 Å². The molecule has 108 valence electrons. The maximum atomic E-state index is 5.42. The highest BCUT2D eigenvalue weighted by Crippen LogP contribution is 2.29. The molecule has 5 heteroatoms. The maximum absolute atomic E-state index is 5.42. The highest BCUT2D eigenvalue weighted by Gasteiger charge is 2.10. The molecule has 3 aromatic rings. The van der Waals surface area contributed by atoms with E-state index in [1.54, 1.807) is 26.0 Å². The zero-order chi connectivity index (χ0) is 14.8. The average Bonchev–Trinajstić information content (AvgIpc) is 2.96. The monoisotopic (exact) mass is 284 g/mol. The van der Waals surface area contributed by atoms with Gasteiger partial charge in [0.25, 0.3) is 0 Å². The Kier molecular flexibility index (Phi) is 3.39. The predicted molar refractivity (Wildman–Crippen MR) is 80.7 cm³/mol. The van der Waals surface area contributed by atoms with Crippen molar-refractivity contribution < 1.29 is 14.2 Å². The Labute approximate surface area is 122 Å². The minimum absolute atomic E-state index is 0.703. The fourth-order valence-electron chi connectivity index (χ4n) is 2.23. The second-order valence-electron chi connectivity index (χ2n) is 4.54. The summed E-state index contributed by atoms with van der Waals surface area (Å²) < 4.78 is 17.7. The lowest BCUT2D eigenvalue weighted by Crippen LogP contribution is -1.98. The summed E-state index contributed by atoms with van der Waals surface area (Å²) in [6.07, 6.45) is 1.95. The Morgan fingerprint density at radius 3 is 2.29 bits per heavy atom. The molecule has 0 aliphatic rings. The van der Waals surface area contributed by atoms with Crippen molar-refractivity contribution in [3.63, 3.8) is 0 Å². The van der Waals surface area contributed by atoms with Crippen LogP contribution in [0.15, 0.2) is 42.6 Å². The minimum Gasteiger partial charge on any atom is -0.497 e. The third-order valence-corrected chi connectivity index (χ3v) is 3.35. The summed E-state index contributed by atoms with van der Waals surface area (Å²) in [7, 11) is 4.91. The summed E-state index contributed by atoms with van der Waals surface area (Å²) in [4.78, 5) is 0. The molecule has 0 radical (unpaired) electrons. The molecule has 0 spiro atoms. The first-order valence-electron chi connectivity index (χ1n) is 6.51. The third kappa shape index (κ3) is 2.38. The molecule has 0 bridgehead atoms. The average molecular weight is 284 g/mol. The number of fused-ring (bicyclic) bond motifs is 1. The fourth-order valence-corrected chi connectivity index (χ4v) is 2.23. The zero-order valence-electron chi connectivity index (χ0n) is 12.2. The van der Waals surface area contributed by atoms with Gasteiger partial charge in [-0.1, -0.05) is 0 Å². The van der Waals surface area contributed by atoms with Gasteiger partial charge in [0.2, 0.25) is 0 Å². The van der Waals surface area contributed by atoms with E-state index in [1.165, 1.54) is 0 Å². The molecule has 0 saturated heterocycles. The van der Waals surface area contributed by atoms with E-state index in [9.17, 15) is 0 Å². The molecule has 0 amide bonds. The van der Waals surface area contributed by atoms with Gasteiger partial charge in [0.1, 0.15) is 22.9 Å². The van der Waals surface area contributed by atoms with Crippen LogP contribution in [-0.2, 0) is 0 Å². The second kappa shape index (κ2) is 5.36. The Hall–Kier alpha value is -2.69. The van der Waals surface area contributed by atoms with Crippen LogP contribution in [0.4, 0.5) is 0 Å². The molecule has 5 nitrogen and oxygen atoms in total. The number of methoxy groups -OCH3 is 3. The summed E-state index contributed by atoms with van der Waals surface area (Å²) >= 11 is 0. The SMILES string of the molecule is COc1ccc(-n2cc3cc(OC)ccc3n2)c(OC)c1. The summed E-state index contributed by atoms with van der Waals surface area (Å²) in [5, 5.41) is 5.57. The molecule has 0 N–H and O–H groups in total. The number of rotatable bonds is 4. The van der Waals surface area contributed by atoms with Crippen molar-refractivity contribution in [2.45, 2.75) is 0 Å². The molecule has 0 aliphatic carbocycles. The molecular formula is C16H16N2O3. The Balaban J connectivity index is 2.11. The van der Waals surface area contributed by atoms with Crippen LogP contribution in [0.25, 0.3) is 16.6 Å². The highest BCUT2D eigenvalue weighted by molar-refractivity contribution is 5.80. The number of hydrogen-bond acceptors (Lipinski definition) is 4. The van der Waals surface area contributed by atoms with Crippen molar-refractivity contribution in [2.75, 3.05) is 21.3 Å². The number of aromatic nitrogens is 2. The van der Waals surface area contributed by atoms with Gasteiger partial charge in [-0.15, -0.1) is 0 Å². The maximum Gasteiger partial charge on any atom is 0.148 e. The van der Waals surface area contributed by atoms with E-state index in [-0.39, 0.29) is 0 Å². The number of ether oxygens (including phenoxy) is 3. The molecule has 0 atom stereocenters. The summed E-state index contributed by atoms with van der Waals surface area (Å²) in [5.74, 6) is 2.26. The van der Waals surface area contributed by atoms with E-state index in [2.05, 4.69) is 5.10 Å². The molecule has 21 heavy (non-hydrogen) atoms. The third-order valence-electron chi connectivity index (χ3n) is 3.35. The van der Waals surface area contributed by atoms with Crippen LogP contribution >= 0.6 is 0 Å².